The van der Waals surface area contributed by atoms with Crippen molar-refractivity contribution in [1.29, 1.82) is 0 Å². The number of rotatable bonds is 7. The monoisotopic (exact) mass is 326 g/mol. The largest absolute Gasteiger partial charge is 0.341 e. The number of hydrogen-bond acceptors (Lipinski definition) is 2. The zero-order valence-corrected chi connectivity index (χ0v) is 15.4. The van der Waals surface area contributed by atoms with Gasteiger partial charge < -0.3 is 10.6 Å². The van der Waals surface area contributed by atoms with Crippen LogP contribution in [0.5, 0.6) is 0 Å². The van der Waals surface area contributed by atoms with E-state index < -0.39 is 5.41 Å². The molecule has 0 aliphatic carbocycles. The van der Waals surface area contributed by atoms with Crippen molar-refractivity contribution in [2.75, 3.05) is 13.6 Å². The van der Waals surface area contributed by atoms with Crippen molar-refractivity contribution in [3.63, 3.8) is 0 Å². The molecule has 0 saturated carbocycles. The predicted molar refractivity (Wildman–Crippen MR) is 96.3 cm³/mol. The van der Waals surface area contributed by atoms with Crippen molar-refractivity contribution >= 4 is 18.3 Å². The van der Waals surface area contributed by atoms with Crippen molar-refractivity contribution in [3.8, 4) is 0 Å². The second kappa shape index (κ2) is 9.16. The van der Waals surface area contributed by atoms with Crippen LogP contribution in [-0.2, 0) is 11.3 Å². The molecule has 4 heteroatoms. The molecule has 0 radical (unpaired) electrons. The summed E-state index contributed by atoms with van der Waals surface area (Å²) < 4.78 is 0. The first-order chi connectivity index (χ1) is 9.90. The number of hydrogen-bond donors (Lipinski definition) is 1. The zero-order valence-electron chi connectivity index (χ0n) is 14.6. The predicted octanol–water partition coefficient (Wildman–Crippen LogP) is 3.96. The lowest BCUT2D eigenvalue weighted by atomic mass is 9.81. The highest BCUT2D eigenvalue weighted by molar-refractivity contribution is 5.85. The summed E-state index contributed by atoms with van der Waals surface area (Å²) in [5.41, 5.74) is 7.94. The number of nitrogens with two attached hydrogens (primary N) is 1. The van der Waals surface area contributed by atoms with Crippen molar-refractivity contribution in [2.45, 2.75) is 53.0 Å². The Labute approximate surface area is 141 Å². The summed E-state index contributed by atoms with van der Waals surface area (Å²) >= 11 is 0. The molecule has 0 aromatic heterocycles. The fourth-order valence-corrected chi connectivity index (χ4v) is 2.69. The maximum absolute atomic E-state index is 12.7. The summed E-state index contributed by atoms with van der Waals surface area (Å²) in [5.74, 6) is 0.687. The number of amides is 1. The topological polar surface area (TPSA) is 46.3 Å². The smallest absolute Gasteiger partial charge is 0.230 e. The first-order valence-electron chi connectivity index (χ1n) is 7.94. The Morgan fingerprint density at radius 3 is 2.05 bits per heavy atom. The molecule has 0 aliphatic heterocycles. The van der Waals surface area contributed by atoms with Crippen LogP contribution < -0.4 is 5.73 Å². The quantitative estimate of drug-likeness (QED) is 0.824. The number of carbonyl (C=O) groups excluding carboxylic acids is 1. The molecule has 0 heterocycles. The Bertz CT molecular complexity index is 444. The lowest BCUT2D eigenvalue weighted by Crippen LogP contribution is -2.45. The van der Waals surface area contributed by atoms with E-state index in [9.17, 15) is 4.79 Å². The summed E-state index contributed by atoms with van der Waals surface area (Å²) in [6, 6.07) is 8.52. The lowest BCUT2D eigenvalue weighted by molar-refractivity contribution is -0.141. The van der Waals surface area contributed by atoms with Gasteiger partial charge in [-0.15, -0.1) is 12.4 Å². The van der Waals surface area contributed by atoms with Crippen LogP contribution >= 0.6 is 12.4 Å². The van der Waals surface area contributed by atoms with Crippen LogP contribution in [0.3, 0.4) is 0 Å². The maximum Gasteiger partial charge on any atom is 0.230 e. The van der Waals surface area contributed by atoms with Crippen LogP contribution in [0, 0.1) is 5.41 Å². The van der Waals surface area contributed by atoms with E-state index in [0.717, 1.165) is 18.4 Å². The van der Waals surface area contributed by atoms with Gasteiger partial charge in [-0.3, -0.25) is 4.79 Å². The highest BCUT2D eigenvalue weighted by Gasteiger charge is 2.35. The zero-order chi connectivity index (χ0) is 16.0. The van der Waals surface area contributed by atoms with E-state index in [4.69, 9.17) is 5.73 Å². The Morgan fingerprint density at radius 1 is 1.18 bits per heavy atom. The van der Waals surface area contributed by atoms with Gasteiger partial charge in [0.15, 0.2) is 0 Å². The molecule has 1 aromatic carbocycles. The summed E-state index contributed by atoms with van der Waals surface area (Å²) in [5, 5.41) is 0. The second-order valence-corrected chi connectivity index (χ2v) is 6.25. The Hall–Kier alpha value is -1.06. The molecule has 1 aromatic rings. The fraction of sp³-hybridized carbons (Fsp3) is 0.611. The van der Waals surface area contributed by atoms with Crippen molar-refractivity contribution in [1.82, 2.24) is 4.90 Å². The normalized spacial score (nSPS) is 11.2. The van der Waals surface area contributed by atoms with E-state index in [1.54, 1.807) is 0 Å². The van der Waals surface area contributed by atoms with E-state index in [-0.39, 0.29) is 18.3 Å². The Morgan fingerprint density at radius 2 is 1.68 bits per heavy atom. The van der Waals surface area contributed by atoms with Crippen LogP contribution in [-0.4, -0.2) is 24.4 Å². The average molecular weight is 327 g/mol. The first-order valence-corrected chi connectivity index (χ1v) is 7.94. The molecule has 0 fully saturated rings. The van der Waals surface area contributed by atoms with Gasteiger partial charge in [-0.1, -0.05) is 52.0 Å². The minimum atomic E-state index is -0.410. The molecular formula is C18H31ClN2O. The molecule has 2 N–H and O–H groups in total. The molecule has 0 unspecified atom stereocenters. The molecule has 1 rings (SSSR count). The van der Waals surface area contributed by atoms with Crippen LogP contribution in [0.15, 0.2) is 24.3 Å². The lowest BCUT2D eigenvalue weighted by Gasteiger charge is -2.33. The number of carbonyl (C=O) groups is 1. The van der Waals surface area contributed by atoms with Crippen LogP contribution in [0.2, 0.25) is 0 Å². The Kier molecular flexibility index (Phi) is 8.72. The average Bonchev–Trinajstić information content (AvgIpc) is 2.50. The highest BCUT2D eigenvalue weighted by Crippen LogP contribution is 2.28. The van der Waals surface area contributed by atoms with Crippen LogP contribution in [0.25, 0.3) is 0 Å². The van der Waals surface area contributed by atoms with Gasteiger partial charge in [-0.2, -0.15) is 0 Å². The molecular weight excluding hydrogens is 296 g/mol. The maximum atomic E-state index is 12.7. The van der Waals surface area contributed by atoms with Crippen LogP contribution in [0.4, 0.5) is 0 Å². The van der Waals surface area contributed by atoms with E-state index >= 15 is 0 Å². The van der Waals surface area contributed by atoms with Crippen molar-refractivity contribution in [3.05, 3.63) is 35.4 Å². The minimum Gasteiger partial charge on any atom is -0.341 e. The van der Waals surface area contributed by atoms with E-state index in [0.29, 0.717) is 19.0 Å². The van der Waals surface area contributed by atoms with Gasteiger partial charge in [0.2, 0.25) is 5.91 Å². The molecule has 126 valence electrons. The number of benzene rings is 1. The summed E-state index contributed by atoms with van der Waals surface area (Å²) in [4.78, 5) is 14.5. The summed E-state index contributed by atoms with van der Waals surface area (Å²) in [6.45, 7) is 9.50. The van der Waals surface area contributed by atoms with Gasteiger partial charge >= 0.3 is 0 Å². The van der Waals surface area contributed by atoms with Crippen molar-refractivity contribution in [2.24, 2.45) is 11.1 Å². The van der Waals surface area contributed by atoms with Gasteiger partial charge in [0.1, 0.15) is 0 Å². The third kappa shape index (κ3) is 4.72. The third-order valence-electron chi connectivity index (χ3n) is 4.61. The molecule has 1 amide bonds. The molecule has 3 nitrogen and oxygen atoms in total. The van der Waals surface area contributed by atoms with Gasteiger partial charge in [0.25, 0.3) is 0 Å². The van der Waals surface area contributed by atoms with Gasteiger partial charge in [0.05, 0.1) is 5.41 Å². The minimum absolute atomic E-state index is 0. The third-order valence-corrected chi connectivity index (χ3v) is 4.61. The SMILES string of the molecule is CCC(CC)(CN)C(=O)N(C)Cc1ccc(C(C)C)cc1.Cl. The van der Waals surface area contributed by atoms with Crippen LogP contribution in [0.1, 0.15) is 57.6 Å². The van der Waals surface area contributed by atoms with E-state index in [2.05, 4.69) is 38.1 Å². The Balaban J connectivity index is 0.00000441. The first kappa shape index (κ1) is 20.9. The number of halogens is 1. The van der Waals surface area contributed by atoms with E-state index in [1.807, 2.05) is 25.8 Å². The summed E-state index contributed by atoms with van der Waals surface area (Å²) in [6.07, 6.45) is 1.57. The fourth-order valence-electron chi connectivity index (χ4n) is 2.69. The molecule has 0 saturated heterocycles. The van der Waals surface area contributed by atoms with Gasteiger partial charge in [-0.05, 0) is 29.9 Å². The summed E-state index contributed by atoms with van der Waals surface area (Å²) in [7, 11) is 1.87. The van der Waals surface area contributed by atoms with Gasteiger partial charge in [0, 0.05) is 20.1 Å². The molecule has 0 bridgehead atoms. The number of nitrogens with zero attached hydrogens (tertiary/aromatic N) is 1. The standard InChI is InChI=1S/C18H30N2O.ClH/c1-6-18(7-2,13-19)17(21)20(5)12-15-8-10-16(11-9-15)14(3)4;/h8-11,14H,6-7,12-13,19H2,1-5H3;1H. The highest BCUT2D eigenvalue weighted by atomic mass is 35.5. The second-order valence-electron chi connectivity index (χ2n) is 6.25. The van der Waals surface area contributed by atoms with Gasteiger partial charge in [-0.25, -0.2) is 0 Å². The molecule has 0 aliphatic rings. The molecule has 22 heavy (non-hydrogen) atoms. The van der Waals surface area contributed by atoms with E-state index in [1.165, 1.54) is 5.56 Å². The molecule has 0 atom stereocenters. The van der Waals surface area contributed by atoms with Crippen molar-refractivity contribution < 1.29 is 4.79 Å². The molecule has 0 spiro atoms.